The molecule has 0 rings (SSSR count). The third-order valence-corrected chi connectivity index (χ3v) is 3.29. The fourth-order valence-electron chi connectivity index (χ4n) is 1.74. The van der Waals surface area contributed by atoms with Crippen molar-refractivity contribution in [2.75, 3.05) is 73.2 Å². The lowest BCUT2D eigenvalue weighted by Crippen LogP contribution is -2.29. The molecule has 0 aromatic carbocycles. The number of hydrogen-bond acceptors (Lipinski definition) is 12. The van der Waals surface area contributed by atoms with Gasteiger partial charge in [0.25, 0.3) is 0 Å². The van der Waals surface area contributed by atoms with Crippen LogP contribution in [-0.2, 0) is 57.0 Å². The molecule has 0 bridgehead atoms. The Balaban J connectivity index is 4.03. The normalized spacial score (nSPS) is 10.5. The fourth-order valence-corrected chi connectivity index (χ4v) is 1.74. The highest BCUT2D eigenvalue weighted by molar-refractivity contribution is 5.81. The Labute approximate surface area is 192 Å². The van der Waals surface area contributed by atoms with Gasteiger partial charge in [0.2, 0.25) is 0 Å². The molecule has 0 heterocycles. The number of esters is 3. The van der Waals surface area contributed by atoms with E-state index in [9.17, 15) is 14.4 Å². The van der Waals surface area contributed by atoms with Gasteiger partial charge in [0.05, 0.1) is 52.9 Å². The molecule has 0 aliphatic rings. The van der Waals surface area contributed by atoms with Crippen LogP contribution in [0.3, 0.4) is 0 Å². The SMILES string of the molecule is C=CC(=O)OCOCCOCC(COCCOCOC(=O)C=C)OCCOCOC(=O)C=C. The molecule has 0 aliphatic carbocycles. The van der Waals surface area contributed by atoms with Crippen molar-refractivity contribution in [2.24, 2.45) is 0 Å². The smallest absolute Gasteiger partial charge is 0.332 e. The maximum atomic E-state index is 10.9. The van der Waals surface area contributed by atoms with Gasteiger partial charge in [-0.2, -0.15) is 0 Å². The molecule has 12 nitrogen and oxygen atoms in total. The number of hydrogen-bond donors (Lipinski definition) is 0. The first-order valence-corrected chi connectivity index (χ1v) is 9.91. The van der Waals surface area contributed by atoms with Crippen LogP contribution in [0.2, 0.25) is 0 Å². The van der Waals surface area contributed by atoms with Gasteiger partial charge in [0, 0.05) is 18.2 Å². The minimum absolute atomic E-state index is 0.177. The summed E-state index contributed by atoms with van der Waals surface area (Å²) in [5.41, 5.74) is 0. The van der Waals surface area contributed by atoms with Gasteiger partial charge in [-0.15, -0.1) is 0 Å². The number of rotatable bonds is 23. The average Bonchev–Trinajstić information content (AvgIpc) is 2.83. The van der Waals surface area contributed by atoms with E-state index in [1.165, 1.54) is 0 Å². The predicted molar refractivity (Wildman–Crippen MR) is 113 cm³/mol. The minimum atomic E-state index is -0.585. The first-order valence-electron chi connectivity index (χ1n) is 9.91. The maximum absolute atomic E-state index is 10.9. The zero-order valence-electron chi connectivity index (χ0n) is 18.6. The highest BCUT2D eigenvalue weighted by atomic mass is 16.7. The minimum Gasteiger partial charge on any atom is -0.435 e. The van der Waals surface area contributed by atoms with Crippen molar-refractivity contribution in [3.8, 4) is 0 Å². The second kappa shape index (κ2) is 22.6. The van der Waals surface area contributed by atoms with Crippen molar-refractivity contribution in [1.29, 1.82) is 0 Å². The fraction of sp³-hybridized carbons (Fsp3) is 0.571. The maximum Gasteiger partial charge on any atom is 0.332 e. The van der Waals surface area contributed by atoms with E-state index in [1.807, 2.05) is 0 Å². The lowest BCUT2D eigenvalue weighted by atomic mass is 10.4. The van der Waals surface area contributed by atoms with Crippen LogP contribution in [0.25, 0.3) is 0 Å². The molecule has 0 spiro atoms. The number of carbonyl (C=O) groups excluding carboxylic acids is 3. The monoisotopic (exact) mass is 476 g/mol. The first kappa shape index (κ1) is 30.4. The third kappa shape index (κ3) is 21.0. The van der Waals surface area contributed by atoms with E-state index in [0.717, 1.165) is 18.2 Å². The second-order valence-corrected chi connectivity index (χ2v) is 5.72. The molecule has 0 aromatic heterocycles. The Morgan fingerprint density at radius 1 is 0.545 bits per heavy atom. The Morgan fingerprint density at radius 3 is 1.24 bits per heavy atom. The van der Waals surface area contributed by atoms with Crippen molar-refractivity contribution in [3.63, 3.8) is 0 Å². The van der Waals surface area contributed by atoms with Gasteiger partial charge in [-0.3, -0.25) is 0 Å². The Hall–Kier alpha value is -2.61. The van der Waals surface area contributed by atoms with E-state index in [4.69, 9.17) is 28.4 Å². The molecule has 33 heavy (non-hydrogen) atoms. The molecular formula is C21H32O12. The first-order chi connectivity index (χ1) is 16.0. The van der Waals surface area contributed by atoms with Crippen LogP contribution in [0, 0.1) is 0 Å². The van der Waals surface area contributed by atoms with E-state index in [0.29, 0.717) is 0 Å². The van der Waals surface area contributed by atoms with Crippen molar-refractivity contribution in [1.82, 2.24) is 0 Å². The van der Waals surface area contributed by atoms with Crippen LogP contribution >= 0.6 is 0 Å². The lowest BCUT2D eigenvalue weighted by Gasteiger charge is -2.18. The van der Waals surface area contributed by atoms with Crippen molar-refractivity contribution < 1.29 is 57.0 Å². The van der Waals surface area contributed by atoms with E-state index < -0.39 is 24.0 Å². The summed E-state index contributed by atoms with van der Waals surface area (Å²) in [5, 5.41) is 0. The number of carbonyl (C=O) groups is 3. The molecule has 0 aromatic rings. The summed E-state index contributed by atoms with van der Waals surface area (Å²) in [6, 6.07) is 0. The Kier molecular flexibility index (Phi) is 20.8. The zero-order chi connectivity index (χ0) is 24.6. The molecule has 0 saturated heterocycles. The summed E-state index contributed by atoms with van der Waals surface area (Å²) in [5.74, 6) is -1.74. The van der Waals surface area contributed by atoms with Gasteiger partial charge in [-0.25, -0.2) is 14.4 Å². The molecule has 0 atom stereocenters. The van der Waals surface area contributed by atoms with Gasteiger partial charge in [0.1, 0.15) is 6.10 Å². The predicted octanol–water partition coefficient (Wildman–Crippen LogP) is 0.515. The summed E-state index contributed by atoms with van der Waals surface area (Å²) in [4.78, 5) is 32.7. The van der Waals surface area contributed by atoms with Gasteiger partial charge >= 0.3 is 17.9 Å². The van der Waals surface area contributed by atoms with Crippen molar-refractivity contribution in [3.05, 3.63) is 38.0 Å². The zero-order valence-corrected chi connectivity index (χ0v) is 18.6. The highest BCUT2D eigenvalue weighted by Gasteiger charge is 2.10. The van der Waals surface area contributed by atoms with Crippen LogP contribution in [0.4, 0.5) is 0 Å². The Morgan fingerprint density at radius 2 is 0.879 bits per heavy atom. The van der Waals surface area contributed by atoms with E-state index in [1.54, 1.807) is 0 Å². The molecule has 12 heteroatoms. The average molecular weight is 476 g/mol. The van der Waals surface area contributed by atoms with Gasteiger partial charge in [-0.05, 0) is 0 Å². The topological polar surface area (TPSA) is 134 Å². The quantitative estimate of drug-likeness (QED) is 0.0669. The summed E-state index contributed by atoms with van der Waals surface area (Å²) in [6.45, 7) is 10.8. The highest BCUT2D eigenvalue weighted by Crippen LogP contribution is 1.97. The molecule has 0 N–H and O–H groups in total. The lowest BCUT2D eigenvalue weighted by molar-refractivity contribution is -0.155. The van der Waals surface area contributed by atoms with Crippen LogP contribution in [-0.4, -0.2) is 97.2 Å². The summed E-state index contributed by atoms with van der Waals surface area (Å²) in [6.07, 6.45) is 2.67. The van der Waals surface area contributed by atoms with Crippen LogP contribution < -0.4 is 0 Å². The van der Waals surface area contributed by atoms with E-state index >= 15 is 0 Å². The van der Waals surface area contributed by atoms with E-state index in [2.05, 4.69) is 33.9 Å². The summed E-state index contributed by atoms with van der Waals surface area (Å²) in [7, 11) is 0. The molecule has 0 radical (unpaired) electrons. The molecule has 0 amide bonds. The third-order valence-electron chi connectivity index (χ3n) is 3.29. The summed E-state index contributed by atoms with van der Waals surface area (Å²) < 4.78 is 45.9. The van der Waals surface area contributed by atoms with Gasteiger partial charge in [-0.1, -0.05) is 19.7 Å². The van der Waals surface area contributed by atoms with Crippen LogP contribution in [0.5, 0.6) is 0 Å². The molecular weight excluding hydrogens is 444 g/mol. The molecule has 0 aliphatic heterocycles. The molecule has 0 saturated carbocycles. The molecule has 0 unspecified atom stereocenters. The van der Waals surface area contributed by atoms with Gasteiger partial charge in [0.15, 0.2) is 20.4 Å². The van der Waals surface area contributed by atoms with Crippen molar-refractivity contribution >= 4 is 17.9 Å². The second-order valence-electron chi connectivity index (χ2n) is 5.72. The standard InChI is InChI=1S/C21H32O12/c1-4-19(22)31-15-27-9-7-25-13-18(30-12-11-29-17-33-21(24)6-3)14-26-8-10-28-16-32-20(23)5-2/h4-6,18H,1-3,7-17H2. The molecule has 188 valence electrons. The van der Waals surface area contributed by atoms with Crippen LogP contribution in [0.1, 0.15) is 0 Å². The summed E-state index contributed by atoms with van der Waals surface area (Å²) >= 11 is 0. The number of ether oxygens (including phenoxy) is 9. The van der Waals surface area contributed by atoms with Gasteiger partial charge < -0.3 is 42.6 Å². The molecule has 0 fully saturated rings. The van der Waals surface area contributed by atoms with Crippen molar-refractivity contribution in [2.45, 2.75) is 6.10 Å². The Bertz CT molecular complexity index is 544. The largest absolute Gasteiger partial charge is 0.435 e. The van der Waals surface area contributed by atoms with E-state index in [-0.39, 0.29) is 73.2 Å². The van der Waals surface area contributed by atoms with Crippen LogP contribution in [0.15, 0.2) is 38.0 Å².